The maximum atomic E-state index is 6.14. The Hall–Kier alpha value is -1.51. The van der Waals surface area contributed by atoms with Gasteiger partial charge in [-0.15, -0.1) is 0 Å². The number of ether oxygens (including phenoxy) is 1. The lowest BCUT2D eigenvalue weighted by Gasteiger charge is -2.19. The normalized spacial score (nSPS) is 12.2. The monoisotopic (exact) mass is 275 g/mol. The molecule has 2 aromatic carbocycles. The first kappa shape index (κ1) is 13.9. The first-order chi connectivity index (χ1) is 9.13. The number of rotatable bonds is 4. The molecule has 0 saturated heterocycles. The second kappa shape index (κ2) is 6.09. The molecule has 2 rings (SSSR count). The van der Waals surface area contributed by atoms with Crippen molar-refractivity contribution in [3.05, 3.63) is 64.2 Å². The second-order valence-corrected chi connectivity index (χ2v) is 5.00. The number of benzene rings is 2. The van der Waals surface area contributed by atoms with Crippen molar-refractivity contribution in [2.75, 3.05) is 14.2 Å². The maximum absolute atomic E-state index is 6.14. The molecule has 0 amide bonds. The van der Waals surface area contributed by atoms with E-state index in [1.165, 1.54) is 0 Å². The molecule has 0 bridgehead atoms. The number of methoxy groups -OCH3 is 1. The van der Waals surface area contributed by atoms with Crippen molar-refractivity contribution in [2.45, 2.75) is 13.0 Å². The SMILES string of the molecule is CNC(c1cc(C)cc(Cl)c1)c1cccc(OC)c1. The van der Waals surface area contributed by atoms with Crippen LogP contribution < -0.4 is 10.1 Å². The van der Waals surface area contributed by atoms with E-state index < -0.39 is 0 Å². The van der Waals surface area contributed by atoms with Gasteiger partial charge in [-0.25, -0.2) is 0 Å². The van der Waals surface area contributed by atoms with Crippen LogP contribution in [-0.4, -0.2) is 14.2 Å². The number of nitrogens with one attached hydrogen (secondary N) is 1. The van der Waals surface area contributed by atoms with Gasteiger partial charge in [-0.05, 0) is 54.9 Å². The highest BCUT2D eigenvalue weighted by Crippen LogP contribution is 2.27. The zero-order valence-electron chi connectivity index (χ0n) is 11.4. The van der Waals surface area contributed by atoms with E-state index in [1.54, 1.807) is 7.11 Å². The lowest BCUT2D eigenvalue weighted by atomic mass is 9.97. The van der Waals surface area contributed by atoms with E-state index in [0.29, 0.717) is 0 Å². The fraction of sp³-hybridized carbons (Fsp3) is 0.250. The number of hydrogen-bond acceptors (Lipinski definition) is 2. The molecule has 0 aromatic heterocycles. The van der Waals surface area contributed by atoms with Gasteiger partial charge in [0.15, 0.2) is 0 Å². The maximum Gasteiger partial charge on any atom is 0.119 e. The predicted octanol–water partition coefficient (Wildman–Crippen LogP) is 3.97. The summed E-state index contributed by atoms with van der Waals surface area (Å²) in [6, 6.07) is 14.3. The molecule has 2 nitrogen and oxygen atoms in total. The van der Waals surface area contributed by atoms with Crippen molar-refractivity contribution in [1.29, 1.82) is 0 Å². The Balaban J connectivity index is 2.43. The van der Waals surface area contributed by atoms with Crippen LogP contribution in [0, 0.1) is 6.92 Å². The van der Waals surface area contributed by atoms with Crippen LogP contribution in [0.5, 0.6) is 5.75 Å². The summed E-state index contributed by atoms with van der Waals surface area (Å²) in [5, 5.41) is 4.09. The van der Waals surface area contributed by atoms with Crippen LogP contribution in [0.15, 0.2) is 42.5 Å². The molecule has 1 atom stereocenters. The third-order valence-electron chi connectivity index (χ3n) is 3.11. The summed E-state index contributed by atoms with van der Waals surface area (Å²) in [5.41, 5.74) is 3.47. The molecule has 0 aliphatic carbocycles. The van der Waals surface area contributed by atoms with Crippen LogP contribution >= 0.6 is 11.6 Å². The van der Waals surface area contributed by atoms with E-state index in [0.717, 1.165) is 27.5 Å². The summed E-state index contributed by atoms with van der Waals surface area (Å²) in [6.07, 6.45) is 0. The highest BCUT2D eigenvalue weighted by atomic mass is 35.5. The first-order valence-electron chi connectivity index (χ1n) is 6.22. The highest BCUT2D eigenvalue weighted by Gasteiger charge is 2.13. The summed E-state index contributed by atoms with van der Waals surface area (Å²) in [4.78, 5) is 0. The van der Waals surface area contributed by atoms with Gasteiger partial charge >= 0.3 is 0 Å². The van der Waals surface area contributed by atoms with Gasteiger partial charge in [-0.3, -0.25) is 0 Å². The van der Waals surface area contributed by atoms with Crippen LogP contribution in [0.25, 0.3) is 0 Å². The molecule has 0 heterocycles. The molecule has 1 N–H and O–H groups in total. The van der Waals surface area contributed by atoms with E-state index in [-0.39, 0.29) is 6.04 Å². The van der Waals surface area contributed by atoms with Crippen molar-refractivity contribution in [3.63, 3.8) is 0 Å². The minimum Gasteiger partial charge on any atom is -0.497 e. The molecule has 3 heteroatoms. The molecule has 19 heavy (non-hydrogen) atoms. The van der Waals surface area contributed by atoms with Crippen LogP contribution in [-0.2, 0) is 0 Å². The van der Waals surface area contributed by atoms with Crippen molar-refractivity contribution >= 4 is 11.6 Å². The molecule has 2 aromatic rings. The van der Waals surface area contributed by atoms with Crippen molar-refractivity contribution in [3.8, 4) is 5.75 Å². The molecule has 0 aliphatic rings. The van der Waals surface area contributed by atoms with E-state index in [2.05, 4.69) is 17.4 Å². The minimum atomic E-state index is 0.104. The first-order valence-corrected chi connectivity index (χ1v) is 6.60. The summed E-state index contributed by atoms with van der Waals surface area (Å²) in [5.74, 6) is 0.858. The molecule has 0 radical (unpaired) electrons. The van der Waals surface area contributed by atoms with Crippen molar-refractivity contribution < 1.29 is 4.74 Å². The smallest absolute Gasteiger partial charge is 0.119 e. The largest absolute Gasteiger partial charge is 0.497 e. The minimum absolute atomic E-state index is 0.104. The summed E-state index contributed by atoms with van der Waals surface area (Å²) in [6.45, 7) is 2.05. The van der Waals surface area contributed by atoms with Crippen LogP contribution in [0.2, 0.25) is 5.02 Å². The quantitative estimate of drug-likeness (QED) is 0.912. The van der Waals surface area contributed by atoms with E-state index in [4.69, 9.17) is 16.3 Å². The molecule has 0 saturated carbocycles. The standard InChI is InChI=1S/C16H18ClNO/c1-11-7-13(9-14(17)8-11)16(18-2)12-5-4-6-15(10-12)19-3/h4-10,16,18H,1-3H3. The summed E-state index contributed by atoms with van der Waals surface area (Å²) in [7, 11) is 3.62. The lowest BCUT2D eigenvalue weighted by molar-refractivity contribution is 0.414. The molecule has 0 aliphatic heterocycles. The van der Waals surface area contributed by atoms with Gasteiger partial charge in [-0.2, -0.15) is 0 Å². The Labute approximate surface area is 119 Å². The Morgan fingerprint density at radius 2 is 1.89 bits per heavy atom. The average Bonchev–Trinajstić information content (AvgIpc) is 2.39. The fourth-order valence-corrected chi connectivity index (χ4v) is 2.58. The third-order valence-corrected chi connectivity index (χ3v) is 3.33. The van der Waals surface area contributed by atoms with Crippen LogP contribution in [0.3, 0.4) is 0 Å². The average molecular weight is 276 g/mol. The third kappa shape index (κ3) is 3.28. The fourth-order valence-electron chi connectivity index (χ4n) is 2.28. The molecule has 0 spiro atoms. The number of halogens is 1. The topological polar surface area (TPSA) is 21.3 Å². The van der Waals surface area contributed by atoms with Gasteiger partial charge in [0.05, 0.1) is 13.2 Å². The second-order valence-electron chi connectivity index (χ2n) is 4.56. The van der Waals surface area contributed by atoms with Gasteiger partial charge in [0.2, 0.25) is 0 Å². The molecule has 0 fully saturated rings. The number of aryl methyl sites for hydroxylation is 1. The van der Waals surface area contributed by atoms with Gasteiger partial charge in [0.25, 0.3) is 0 Å². The Morgan fingerprint density at radius 1 is 1.11 bits per heavy atom. The van der Waals surface area contributed by atoms with Gasteiger partial charge in [0.1, 0.15) is 5.75 Å². The summed E-state index contributed by atoms with van der Waals surface area (Å²) < 4.78 is 5.28. The summed E-state index contributed by atoms with van der Waals surface area (Å²) >= 11 is 6.14. The zero-order valence-corrected chi connectivity index (χ0v) is 12.2. The van der Waals surface area contributed by atoms with Gasteiger partial charge in [-0.1, -0.05) is 29.8 Å². The van der Waals surface area contributed by atoms with Crippen LogP contribution in [0.4, 0.5) is 0 Å². The van der Waals surface area contributed by atoms with Crippen LogP contribution in [0.1, 0.15) is 22.7 Å². The highest BCUT2D eigenvalue weighted by molar-refractivity contribution is 6.30. The predicted molar refractivity (Wildman–Crippen MR) is 80.1 cm³/mol. The lowest BCUT2D eigenvalue weighted by Crippen LogP contribution is -2.17. The Kier molecular flexibility index (Phi) is 4.46. The van der Waals surface area contributed by atoms with Gasteiger partial charge < -0.3 is 10.1 Å². The van der Waals surface area contributed by atoms with E-state index >= 15 is 0 Å². The molecular weight excluding hydrogens is 258 g/mol. The molecule has 1 unspecified atom stereocenters. The number of hydrogen-bond donors (Lipinski definition) is 1. The van der Waals surface area contributed by atoms with Crippen molar-refractivity contribution in [2.24, 2.45) is 0 Å². The molecule has 100 valence electrons. The molecular formula is C16H18ClNO. The van der Waals surface area contributed by atoms with E-state index in [9.17, 15) is 0 Å². The van der Waals surface area contributed by atoms with Crippen molar-refractivity contribution in [1.82, 2.24) is 5.32 Å². The Bertz CT molecular complexity index is 548. The van der Waals surface area contributed by atoms with E-state index in [1.807, 2.05) is 44.3 Å². The zero-order chi connectivity index (χ0) is 13.8. The Morgan fingerprint density at radius 3 is 2.53 bits per heavy atom. The van der Waals surface area contributed by atoms with Gasteiger partial charge in [0, 0.05) is 5.02 Å².